The first-order valence-corrected chi connectivity index (χ1v) is 11.3. The molecule has 0 fully saturated rings. The Bertz CT molecular complexity index is 1560. The zero-order valence-electron chi connectivity index (χ0n) is 18.7. The van der Waals surface area contributed by atoms with Crippen LogP contribution in [0.5, 0.6) is 0 Å². The van der Waals surface area contributed by atoms with E-state index in [1.54, 1.807) is 0 Å². The van der Waals surface area contributed by atoms with E-state index < -0.39 is 0 Å². The Morgan fingerprint density at radius 2 is 1.79 bits per heavy atom. The second kappa shape index (κ2) is 8.44. The van der Waals surface area contributed by atoms with Crippen molar-refractivity contribution in [3.63, 3.8) is 0 Å². The number of nitrogens with one attached hydrogen (secondary N) is 3. The minimum absolute atomic E-state index is 0.764. The zero-order chi connectivity index (χ0) is 22.9. The largest absolute Gasteiger partial charge is 0.357 e. The number of benzene rings is 2. The van der Waals surface area contributed by atoms with Crippen LogP contribution in [-0.2, 0) is 0 Å². The molecule has 3 aromatic heterocycles. The summed E-state index contributed by atoms with van der Waals surface area (Å²) in [4.78, 5) is 21.3. The number of allylic oxidation sites excluding steroid dienone is 1. The third kappa shape index (κ3) is 3.99. The quantitative estimate of drug-likeness (QED) is 0.309. The van der Waals surface area contributed by atoms with Crippen LogP contribution in [0.15, 0.2) is 83.8 Å². The lowest BCUT2D eigenvalue weighted by Crippen LogP contribution is -2.05. The van der Waals surface area contributed by atoms with Gasteiger partial charge >= 0.3 is 0 Å². The number of rotatable bonds is 5. The maximum Gasteiger partial charge on any atom is 0.157 e. The van der Waals surface area contributed by atoms with Gasteiger partial charge in [-0.2, -0.15) is 0 Å². The van der Waals surface area contributed by atoms with E-state index in [1.165, 1.54) is 5.56 Å². The molecule has 34 heavy (non-hydrogen) atoms. The Kier molecular flexibility index (Phi) is 4.99. The summed E-state index contributed by atoms with van der Waals surface area (Å²) in [7, 11) is 0. The van der Waals surface area contributed by atoms with Crippen molar-refractivity contribution >= 4 is 45.3 Å². The fraction of sp³-hybridized carbons (Fsp3) is 0.111. The molecule has 2 aromatic carbocycles. The van der Waals surface area contributed by atoms with Crippen molar-refractivity contribution in [2.45, 2.75) is 13.3 Å². The number of aryl methyl sites for hydroxylation is 1. The lowest BCUT2D eigenvalue weighted by Gasteiger charge is -2.11. The number of hydrogen-bond donors (Lipinski definition) is 3. The van der Waals surface area contributed by atoms with Gasteiger partial charge in [-0.1, -0.05) is 11.6 Å². The maximum atomic E-state index is 4.77. The van der Waals surface area contributed by atoms with Gasteiger partial charge in [-0.3, -0.25) is 9.98 Å². The molecule has 4 heterocycles. The lowest BCUT2D eigenvalue weighted by molar-refractivity contribution is 0.946. The Labute approximate surface area is 196 Å². The van der Waals surface area contributed by atoms with E-state index in [0.717, 1.165) is 69.2 Å². The summed E-state index contributed by atoms with van der Waals surface area (Å²) in [6.45, 7) is 2.90. The molecule has 0 spiro atoms. The highest BCUT2D eigenvalue weighted by Crippen LogP contribution is 2.28. The number of anilines is 3. The van der Waals surface area contributed by atoms with Crippen LogP contribution in [0.25, 0.3) is 33.5 Å². The summed E-state index contributed by atoms with van der Waals surface area (Å²) in [5, 5.41) is 8.04. The molecule has 6 rings (SSSR count). The standard InChI is InChI=1S/C27H23N7/c1-17-2-7-23-22(14-17)24(10-13-29-23)32-19-5-3-18(4-6-19)26-33-25-15-21(16-30-27(25)34-26)31-20-8-11-28-12-9-20/h2-8,10-11,13-16,31H,9,12H2,1H3,(H,29,32)(H,30,33,34). The molecule has 166 valence electrons. The third-order valence-corrected chi connectivity index (χ3v) is 5.87. The number of aliphatic imine (C=N–C) groups is 1. The number of aromatic nitrogens is 4. The van der Waals surface area contributed by atoms with Gasteiger partial charge in [0.15, 0.2) is 5.65 Å². The van der Waals surface area contributed by atoms with Crippen molar-refractivity contribution in [2.24, 2.45) is 4.99 Å². The van der Waals surface area contributed by atoms with Crippen LogP contribution < -0.4 is 10.6 Å². The van der Waals surface area contributed by atoms with E-state index in [4.69, 9.17) is 4.98 Å². The fourth-order valence-electron chi connectivity index (χ4n) is 4.11. The molecule has 7 nitrogen and oxygen atoms in total. The van der Waals surface area contributed by atoms with Gasteiger partial charge in [0.25, 0.3) is 0 Å². The van der Waals surface area contributed by atoms with Crippen molar-refractivity contribution in [3.05, 3.63) is 84.3 Å². The average molecular weight is 446 g/mol. The first kappa shape index (κ1) is 20.1. The molecule has 0 saturated heterocycles. The summed E-state index contributed by atoms with van der Waals surface area (Å²) >= 11 is 0. The first-order valence-electron chi connectivity index (χ1n) is 11.3. The van der Waals surface area contributed by atoms with Crippen LogP contribution in [0.3, 0.4) is 0 Å². The summed E-state index contributed by atoms with van der Waals surface area (Å²) in [6.07, 6.45) is 8.38. The molecule has 0 bridgehead atoms. The van der Waals surface area contributed by atoms with E-state index in [-0.39, 0.29) is 0 Å². The van der Waals surface area contributed by atoms with Gasteiger partial charge in [0.2, 0.25) is 0 Å². The van der Waals surface area contributed by atoms with Crippen LogP contribution in [0, 0.1) is 6.92 Å². The number of imidazole rings is 1. The van der Waals surface area contributed by atoms with Gasteiger partial charge in [0.1, 0.15) is 11.3 Å². The van der Waals surface area contributed by atoms with Crippen LogP contribution in [0.4, 0.5) is 17.1 Å². The number of fused-ring (bicyclic) bond motifs is 2. The zero-order valence-corrected chi connectivity index (χ0v) is 18.7. The van der Waals surface area contributed by atoms with Gasteiger partial charge in [-0.15, -0.1) is 0 Å². The van der Waals surface area contributed by atoms with Crippen molar-refractivity contribution < 1.29 is 0 Å². The predicted molar refractivity (Wildman–Crippen MR) is 139 cm³/mol. The molecular weight excluding hydrogens is 422 g/mol. The highest BCUT2D eigenvalue weighted by Gasteiger charge is 2.09. The van der Waals surface area contributed by atoms with Gasteiger partial charge in [-0.25, -0.2) is 9.97 Å². The van der Waals surface area contributed by atoms with Crippen LogP contribution in [0.1, 0.15) is 12.0 Å². The minimum atomic E-state index is 0.764. The molecule has 0 amide bonds. The SMILES string of the molecule is Cc1ccc2nccc(Nc3ccc(-c4nc5cc(NC6=CC=NCC6)cnc5[nH]4)cc3)c2c1. The number of pyridine rings is 2. The molecule has 1 aliphatic heterocycles. The molecule has 5 aromatic rings. The Morgan fingerprint density at radius 1 is 0.882 bits per heavy atom. The van der Waals surface area contributed by atoms with Gasteiger partial charge in [0.05, 0.1) is 17.4 Å². The summed E-state index contributed by atoms with van der Waals surface area (Å²) < 4.78 is 0. The minimum Gasteiger partial charge on any atom is -0.357 e. The van der Waals surface area contributed by atoms with Crippen molar-refractivity contribution in [2.75, 3.05) is 17.2 Å². The van der Waals surface area contributed by atoms with Crippen molar-refractivity contribution in [3.8, 4) is 11.4 Å². The van der Waals surface area contributed by atoms with Crippen molar-refractivity contribution in [1.82, 2.24) is 19.9 Å². The molecule has 7 heteroatoms. The average Bonchev–Trinajstić information content (AvgIpc) is 3.29. The van der Waals surface area contributed by atoms with E-state index in [2.05, 4.69) is 80.0 Å². The van der Waals surface area contributed by atoms with Crippen LogP contribution in [-0.4, -0.2) is 32.7 Å². The van der Waals surface area contributed by atoms with Crippen LogP contribution in [0.2, 0.25) is 0 Å². The number of dihydropyridines is 1. The highest BCUT2D eigenvalue weighted by atomic mass is 15.0. The Morgan fingerprint density at radius 3 is 2.65 bits per heavy atom. The van der Waals surface area contributed by atoms with E-state index in [1.807, 2.05) is 36.8 Å². The smallest absolute Gasteiger partial charge is 0.157 e. The molecule has 0 saturated carbocycles. The van der Waals surface area contributed by atoms with E-state index in [0.29, 0.717) is 0 Å². The monoisotopic (exact) mass is 445 g/mol. The number of hydrogen-bond acceptors (Lipinski definition) is 6. The fourth-order valence-corrected chi connectivity index (χ4v) is 4.11. The first-order chi connectivity index (χ1) is 16.7. The van der Waals surface area contributed by atoms with Crippen LogP contribution >= 0.6 is 0 Å². The van der Waals surface area contributed by atoms with Gasteiger partial charge in [-0.05, 0) is 61.5 Å². The normalized spacial score (nSPS) is 13.3. The molecule has 0 radical (unpaired) electrons. The van der Waals surface area contributed by atoms with E-state index >= 15 is 0 Å². The Hall–Kier alpha value is -4.52. The van der Waals surface area contributed by atoms with Gasteiger partial charge < -0.3 is 15.6 Å². The topological polar surface area (TPSA) is 90.9 Å². The number of nitrogens with zero attached hydrogens (tertiary/aromatic N) is 4. The maximum absolute atomic E-state index is 4.77. The second-order valence-electron chi connectivity index (χ2n) is 8.38. The molecule has 3 N–H and O–H groups in total. The van der Waals surface area contributed by atoms with Crippen molar-refractivity contribution in [1.29, 1.82) is 0 Å². The Balaban J connectivity index is 1.24. The molecular formula is C27H23N7. The molecule has 0 unspecified atom stereocenters. The molecule has 0 aliphatic carbocycles. The molecule has 0 atom stereocenters. The number of aromatic amines is 1. The summed E-state index contributed by atoms with van der Waals surface area (Å²) in [6, 6.07) is 18.5. The summed E-state index contributed by atoms with van der Waals surface area (Å²) in [5.74, 6) is 0.792. The van der Waals surface area contributed by atoms with E-state index in [9.17, 15) is 0 Å². The molecule has 1 aliphatic rings. The number of H-pyrrole nitrogens is 1. The third-order valence-electron chi connectivity index (χ3n) is 5.87. The predicted octanol–water partition coefficient (Wildman–Crippen LogP) is 6.00. The second-order valence-corrected chi connectivity index (χ2v) is 8.38. The summed E-state index contributed by atoms with van der Waals surface area (Å²) in [5.41, 5.74) is 8.87. The van der Waals surface area contributed by atoms with Gasteiger partial charge in [0, 0.05) is 53.4 Å². The highest BCUT2D eigenvalue weighted by molar-refractivity contribution is 5.93. The lowest BCUT2D eigenvalue weighted by atomic mass is 10.1.